The molecule has 3 N–H and O–H groups in total. The van der Waals surface area contributed by atoms with Crippen molar-refractivity contribution in [2.75, 3.05) is 0 Å². The Morgan fingerprint density at radius 1 is 1.56 bits per heavy atom. The Hall–Kier alpha value is -1.13. The first-order valence-electron chi connectivity index (χ1n) is 5.82. The van der Waals surface area contributed by atoms with Crippen LogP contribution < -0.4 is 11.3 Å². The summed E-state index contributed by atoms with van der Waals surface area (Å²) in [6, 6.07) is 0.171. The summed E-state index contributed by atoms with van der Waals surface area (Å²) in [5.74, 6) is 5.54. The highest BCUT2D eigenvalue weighted by Gasteiger charge is 2.11. The quantitative estimate of drug-likeness (QED) is 0.306. The monoisotopic (exact) mass is 222 g/mol. The zero-order valence-corrected chi connectivity index (χ0v) is 10.0. The van der Waals surface area contributed by atoms with Crippen molar-refractivity contribution >= 4 is 0 Å². The summed E-state index contributed by atoms with van der Waals surface area (Å²) in [6.45, 7) is 3.71. The molecule has 0 saturated carbocycles. The molecule has 0 fully saturated rings. The topological polar surface area (TPSA) is 55.9 Å². The average molecular weight is 222 g/mol. The maximum atomic E-state index is 5.54. The van der Waals surface area contributed by atoms with Gasteiger partial charge in [-0.1, -0.05) is 18.9 Å². The molecule has 0 aliphatic carbocycles. The highest BCUT2D eigenvalue weighted by Crippen LogP contribution is 2.17. The Labute approximate surface area is 97.5 Å². The van der Waals surface area contributed by atoms with E-state index in [0.29, 0.717) is 0 Å². The van der Waals surface area contributed by atoms with Gasteiger partial charge in [0.1, 0.15) is 0 Å². The van der Waals surface area contributed by atoms with E-state index >= 15 is 0 Å². The number of aromatic nitrogens is 2. The van der Waals surface area contributed by atoms with Gasteiger partial charge >= 0.3 is 0 Å². The standard InChI is InChI=1S/C12H22N4/c1-3-4-5-6-7-8-11(15-13)12-9-16(2)10-14-12/h3,9-11,15H,1,4-8,13H2,2H3. The van der Waals surface area contributed by atoms with Gasteiger partial charge < -0.3 is 4.57 Å². The van der Waals surface area contributed by atoms with Crippen LogP contribution in [0.25, 0.3) is 0 Å². The lowest BCUT2D eigenvalue weighted by Crippen LogP contribution is -2.28. The molecule has 16 heavy (non-hydrogen) atoms. The van der Waals surface area contributed by atoms with Crippen LogP contribution in [0.5, 0.6) is 0 Å². The van der Waals surface area contributed by atoms with Gasteiger partial charge in [0.15, 0.2) is 0 Å². The van der Waals surface area contributed by atoms with Crippen LogP contribution in [0, 0.1) is 0 Å². The number of hydrogen-bond acceptors (Lipinski definition) is 3. The van der Waals surface area contributed by atoms with Gasteiger partial charge in [0.2, 0.25) is 0 Å². The number of hydrogen-bond donors (Lipinski definition) is 2. The van der Waals surface area contributed by atoms with Gasteiger partial charge in [-0.05, 0) is 19.3 Å². The minimum atomic E-state index is 0.171. The number of aryl methyl sites for hydroxylation is 1. The molecular weight excluding hydrogens is 200 g/mol. The Kier molecular flexibility index (Phi) is 5.82. The molecule has 0 aromatic carbocycles. The number of nitrogens with one attached hydrogen (secondary N) is 1. The van der Waals surface area contributed by atoms with E-state index in [1.54, 1.807) is 6.33 Å². The van der Waals surface area contributed by atoms with E-state index in [1.165, 1.54) is 19.3 Å². The largest absolute Gasteiger partial charge is 0.340 e. The first-order chi connectivity index (χ1) is 7.77. The molecule has 0 amide bonds. The molecule has 0 radical (unpaired) electrons. The average Bonchev–Trinajstić information content (AvgIpc) is 2.70. The molecule has 0 saturated heterocycles. The number of imidazole rings is 1. The van der Waals surface area contributed by atoms with Gasteiger partial charge in [-0.2, -0.15) is 0 Å². The summed E-state index contributed by atoms with van der Waals surface area (Å²) >= 11 is 0. The van der Waals surface area contributed by atoms with Crippen LogP contribution >= 0.6 is 0 Å². The Morgan fingerprint density at radius 3 is 2.94 bits per heavy atom. The molecule has 1 rings (SSSR count). The van der Waals surface area contributed by atoms with Crippen molar-refractivity contribution < 1.29 is 0 Å². The van der Waals surface area contributed by atoms with Crippen molar-refractivity contribution in [2.24, 2.45) is 12.9 Å². The van der Waals surface area contributed by atoms with Crippen molar-refractivity contribution in [2.45, 2.75) is 38.1 Å². The second-order valence-electron chi connectivity index (χ2n) is 4.11. The van der Waals surface area contributed by atoms with E-state index in [0.717, 1.165) is 18.5 Å². The first kappa shape index (κ1) is 12.9. The minimum absolute atomic E-state index is 0.171. The summed E-state index contributed by atoms with van der Waals surface area (Å²) in [5, 5.41) is 0. The highest BCUT2D eigenvalue weighted by molar-refractivity contribution is 5.02. The van der Waals surface area contributed by atoms with Gasteiger partial charge in [0, 0.05) is 13.2 Å². The van der Waals surface area contributed by atoms with Crippen LogP contribution in [0.4, 0.5) is 0 Å². The van der Waals surface area contributed by atoms with Crippen LogP contribution in [0.3, 0.4) is 0 Å². The fraction of sp³-hybridized carbons (Fsp3) is 0.583. The number of unbranched alkanes of at least 4 members (excludes halogenated alkanes) is 3. The number of rotatable bonds is 8. The predicted molar refractivity (Wildman–Crippen MR) is 66.6 cm³/mol. The van der Waals surface area contributed by atoms with Crippen LogP contribution in [0.1, 0.15) is 43.8 Å². The molecule has 1 heterocycles. The number of allylic oxidation sites excluding steroid dienone is 1. The Bertz CT molecular complexity index is 306. The third-order valence-electron chi connectivity index (χ3n) is 2.68. The van der Waals surface area contributed by atoms with Gasteiger partial charge in [-0.3, -0.25) is 11.3 Å². The Morgan fingerprint density at radius 2 is 2.38 bits per heavy atom. The smallest absolute Gasteiger partial charge is 0.0947 e. The number of nitrogens with two attached hydrogens (primary N) is 1. The van der Waals surface area contributed by atoms with Crippen LogP contribution in [-0.4, -0.2) is 9.55 Å². The molecule has 0 aliphatic heterocycles. The molecule has 1 atom stereocenters. The fourth-order valence-electron chi connectivity index (χ4n) is 1.74. The second-order valence-corrected chi connectivity index (χ2v) is 4.11. The van der Waals surface area contributed by atoms with Gasteiger partial charge in [0.25, 0.3) is 0 Å². The van der Waals surface area contributed by atoms with E-state index in [2.05, 4.69) is 17.0 Å². The Balaban J connectivity index is 2.29. The maximum absolute atomic E-state index is 5.54. The third kappa shape index (κ3) is 4.16. The predicted octanol–water partition coefficient (Wildman–Crippen LogP) is 2.06. The molecule has 4 nitrogen and oxygen atoms in total. The van der Waals surface area contributed by atoms with Gasteiger partial charge in [0.05, 0.1) is 18.1 Å². The normalized spacial score (nSPS) is 12.6. The maximum Gasteiger partial charge on any atom is 0.0947 e. The lowest BCUT2D eigenvalue weighted by Gasteiger charge is -2.12. The number of nitrogens with zero attached hydrogens (tertiary/aromatic N) is 2. The second kappa shape index (κ2) is 7.19. The molecule has 0 spiro atoms. The minimum Gasteiger partial charge on any atom is -0.340 e. The number of hydrazine groups is 1. The van der Waals surface area contributed by atoms with Gasteiger partial charge in [-0.15, -0.1) is 6.58 Å². The van der Waals surface area contributed by atoms with Crippen molar-refractivity contribution in [3.05, 3.63) is 30.9 Å². The molecule has 0 aliphatic rings. The summed E-state index contributed by atoms with van der Waals surface area (Å²) in [4.78, 5) is 4.31. The molecule has 4 heteroatoms. The van der Waals surface area contributed by atoms with Crippen molar-refractivity contribution in [1.29, 1.82) is 0 Å². The van der Waals surface area contributed by atoms with E-state index in [4.69, 9.17) is 5.84 Å². The molecule has 1 unspecified atom stereocenters. The molecular formula is C12H22N4. The summed E-state index contributed by atoms with van der Waals surface area (Å²) < 4.78 is 1.94. The van der Waals surface area contributed by atoms with E-state index in [-0.39, 0.29) is 6.04 Å². The van der Waals surface area contributed by atoms with E-state index in [9.17, 15) is 0 Å². The third-order valence-corrected chi connectivity index (χ3v) is 2.68. The van der Waals surface area contributed by atoms with Crippen molar-refractivity contribution in [3.63, 3.8) is 0 Å². The van der Waals surface area contributed by atoms with E-state index < -0.39 is 0 Å². The summed E-state index contributed by atoms with van der Waals surface area (Å²) in [7, 11) is 1.97. The van der Waals surface area contributed by atoms with Crippen molar-refractivity contribution in [3.8, 4) is 0 Å². The summed E-state index contributed by atoms with van der Waals surface area (Å²) in [6.07, 6.45) is 11.5. The lowest BCUT2D eigenvalue weighted by molar-refractivity contribution is 0.475. The van der Waals surface area contributed by atoms with Gasteiger partial charge in [-0.25, -0.2) is 4.98 Å². The van der Waals surface area contributed by atoms with E-state index in [1.807, 2.05) is 23.9 Å². The van der Waals surface area contributed by atoms with Crippen LogP contribution in [-0.2, 0) is 7.05 Å². The zero-order valence-electron chi connectivity index (χ0n) is 10.0. The van der Waals surface area contributed by atoms with Crippen molar-refractivity contribution in [1.82, 2.24) is 15.0 Å². The first-order valence-corrected chi connectivity index (χ1v) is 5.82. The highest BCUT2D eigenvalue weighted by atomic mass is 15.2. The lowest BCUT2D eigenvalue weighted by atomic mass is 10.1. The fourth-order valence-corrected chi connectivity index (χ4v) is 1.74. The van der Waals surface area contributed by atoms with Crippen LogP contribution in [0.2, 0.25) is 0 Å². The molecule has 1 aromatic heterocycles. The SMILES string of the molecule is C=CCCCCCC(NN)c1cn(C)cn1. The molecule has 1 aromatic rings. The van der Waals surface area contributed by atoms with Crippen LogP contribution in [0.15, 0.2) is 25.2 Å². The molecule has 90 valence electrons. The summed E-state index contributed by atoms with van der Waals surface area (Å²) in [5.41, 5.74) is 3.85. The molecule has 0 bridgehead atoms. The zero-order chi connectivity index (χ0) is 11.8.